The normalized spacial score (nSPS) is 10.1. The molecule has 0 spiro atoms. The van der Waals surface area contributed by atoms with E-state index in [0.29, 0.717) is 11.3 Å². The molecular weight excluding hydrogens is 192 g/mol. The van der Waals surface area contributed by atoms with Gasteiger partial charge in [-0.15, -0.1) is 0 Å². The Kier molecular flexibility index (Phi) is 3.86. The lowest BCUT2D eigenvalue weighted by atomic mass is 9.99. The van der Waals surface area contributed by atoms with Crippen molar-refractivity contribution in [3.63, 3.8) is 0 Å². The van der Waals surface area contributed by atoms with Crippen molar-refractivity contribution in [1.29, 1.82) is 0 Å². The molecule has 0 saturated carbocycles. The zero-order valence-corrected chi connectivity index (χ0v) is 9.33. The molecule has 0 amide bonds. The van der Waals surface area contributed by atoms with Gasteiger partial charge in [-0.25, -0.2) is 0 Å². The molecule has 1 rings (SSSR count). The largest absolute Gasteiger partial charge is 0.491 e. The highest BCUT2D eigenvalue weighted by atomic mass is 16.5. The van der Waals surface area contributed by atoms with Crippen LogP contribution in [0.3, 0.4) is 0 Å². The number of benzene rings is 1. The Balaban J connectivity index is 3.19. The number of aliphatic hydroxyl groups is 1. The molecule has 0 bridgehead atoms. The van der Waals surface area contributed by atoms with Gasteiger partial charge in [0, 0.05) is 11.1 Å². The molecule has 0 radical (unpaired) electrons. The lowest BCUT2D eigenvalue weighted by molar-refractivity contribution is 0.112. The van der Waals surface area contributed by atoms with Crippen LogP contribution in [0.15, 0.2) is 6.07 Å². The Labute approximate surface area is 89.7 Å². The lowest BCUT2D eigenvalue weighted by Gasteiger charge is -2.14. The number of carbonyl (C=O) groups excluding carboxylic acids is 1. The summed E-state index contributed by atoms with van der Waals surface area (Å²) in [6.45, 7) is 5.92. The first-order valence-electron chi connectivity index (χ1n) is 4.91. The predicted octanol–water partition coefficient (Wildman–Crippen LogP) is 1.80. The number of aldehydes is 1. The molecule has 0 fully saturated rings. The van der Waals surface area contributed by atoms with Crippen molar-refractivity contribution in [2.75, 3.05) is 13.2 Å². The van der Waals surface area contributed by atoms with Gasteiger partial charge in [0.05, 0.1) is 6.61 Å². The summed E-state index contributed by atoms with van der Waals surface area (Å²) >= 11 is 0. The SMILES string of the molecule is Cc1cc(C)c(OCCO)c(C)c1C=O. The Bertz CT molecular complexity index is 370. The molecule has 0 atom stereocenters. The molecule has 1 aromatic carbocycles. The van der Waals surface area contributed by atoms with Gasteiger partial charge in [0.25, 0.3) is 0 Å². The number of carbonyl (C=O) groups is 1. The average Bonchev–Trinajstić information content (AvgIpc) is 2.17. The third-order valence-electron chi connectivity index (χ3n) is 2.42. The van der Waals surface area contributed by atoms with Crippen LogP contribution in [-0.4, -0.2) is 24.6 Å². The molecule has 82 valence electrons. The maximum atomic E-state index is 10.9. The molecule has 0 aliphatic heterocycles. The molecule has 1 N–H and O–H groups in total. The van der Waals surface area contributed by atoms with Crippen LogP contribution in [-0.2, 0) is 0 Å². The van der Waals surface area contributed by atoms with Crippen molar-refractivity contribution in [1.82, 2.24) is 0 Å². The average molecular weight is 208 g/mol. The minimum absolute atomic E-state index is 0.0246. The van der Waals surface area contributed by atoms with E-state index in [1.165, 1.54) is 0 Å². The Hall–Kier alpha value is -1.35. The monoisotopic (exact) mass is 208 g/mol. The smallest absolute Gasteiger partial charge is 0.150 e. The fourth-order valence-corrected chi connectivity index (χ4v) is 1.73. The second-order valence-electron chi connectivity index (χ2n) is 3.57. The number of hydrogen-bond donors (Lipinski definition) is 1. The van der Waals surface area contributed by atoms with Crippen molar-refractivity contribution in [3.05, 3.63) is 28.3 Å². The van der Waals surface area contributed by atoms with Crippen molar-refractivity contribution >= 4 is 6.29 Å². The molecule has 0 unspecified atom stereocenters. The molecule has 0 aliphatic rings. The number of rotatable bonds is 4. The van der Waals surface area contributed by atoms with Crippen LogP contribution < -0.4 is 4.74 Å². The lowest BCUT2D eigenvalue weighted by Crippen LogP contribution is -2.06. The van der Waals surface area contributed by atoms with E-state index >= 15 is 0 Å². The summed E-state index contributed by atoms with van der Waals surface area (Å²) < 4.78 is 5.41. The van der Waals surface area contributed by atoms with Gasteiger partial charge in [-0.1, -0.05) is 6.07 Å². The maximum absolute atomic E-state index is 10.9. The first-order chi connectivity index (χ1) is 7.11. The predicted molar refractivity (Wildman–Crippen MR) is 58.6 cm³/mol. The zero-order valence-electron chi connectivity index (χ0n) is 9.33. The Morgan fingerprint density at radius 1 is 1.33 bits per heavy atom. The summed E-state index contributed by atoms with van der Waals surface area (Å²) in [6.07, 6.45) is 0.843. The zero-order chi connectivity index (χ0) is 11.4. The molecule has 1 aromatic rings. The number of aryl methyl sites for hydroxylation is 2. The van der Waals surface area contributed by atoms with Crippen LogP contribution >= 0.6 is 0 Å². The third-order valence-corrected chi connectivity index (χ3v) is 2.42. The number of hydrogen-bond acceptors (Lipinski definition) is 3. The van der Waals surface area contributed by atoms with Crippen LogP contribution in [0.1, 0.15) is 27.0 Å². The van der Waals surface area contributed by atoms with E-state index in [4.69, 9.17) is 9.84 Å². The molecule has 0 heterocycles. The Morgan fingerprint density at radius 3 is 2.53 bits per heavy atom. The summed E-state index contributed by atoms with van der Waals surface area (Å²) in [5.74, 6) is 0.705. The number of ether oxygens (including phenoxy) is 1. The fourth-order valence-electron chi connectivity index (χ4n) is 1.73. The summed E-state index contributed by atoms with van der Waals surface area (Å²) in [4.78, 5) is 10.9. The first kappa shape index (κ1) is 11.7. The molecule has 3 heteroatoms. The van der Waals surface area contributed by atoms with Gasteiger partial charge in [0.2, 0.25) is 0 Å². The summed E-state index contributed by atoms with van der Waals surface area (Å²) in [7, 11) is 0. The second-order valence-corrected chi connectivity index (χ2v) is 3.57. The van der Waals surface area contributed by atoms with Gasteiger partial charge in [-0.2, -0.15) is 0 Å². The standard InChI is InChI=1S/C12H16O3/c1-8-6-9(2)12(15-5-4-13)10(3)11(8)7-14/h6-7,13H,4-5H2,1-3H3. The van der Waals surface area contributed by atoms with Crippen molar-refractivity contribution < 1.29 is 14.6 Å². The van der Waals surface area contributed by atoms with E-state index in [-0.39, 0.29) is 13.2 Å². The summed E-state index contributed by atoms with van der Waals surface area (Å²) in [5.41, 5.74) is 3.46. The van der Waals surface area contributed by atoms with Crippen LogP contribution in [0.5, 0.6) is 5.75 Å². The Morgan fingerprint density at radius 2 is 2.00 bits per heavy atom. The second kappa shape index (κ2) is 4.94. The molecule has 0 aliphatic carbocycles. The highest BCUT2D eigenvalue weighted by molar-refractivity contribution is 5.81. The van der Waals surface area contributed by atoms with Gasteiger partial charge < -0.3 is 9.84 Å². The molecule has 3 nitrogen and oxygen atoms in total. The van der Waals surface area contributed by atoms with Gasteiger partial charge >= 0.3 is 0 Å². The topological polar surface area (TPSA) is 46.5 Å². The van der Waals surface area contributed by atoms with E-state index in [1.807, 2.05) is 26.8 Å². The highest BCUT2D eigenvalue weighted by Crippen LogP contribution is 2.27. The quantitative estimate of drug-likeness (QED) is 0.767. The maximum Gasteiger partial charge on any atom is 0.150 e. The van der Waals surface area contributed by atoms with E-state index in [9.17, 15) is 4.79 Å². The minimum atomic E-state index is -0.0246. The molecule has 15 heavy (non-hydrogen) atoms. The van der Waals surface area contributed by atoms with Gasteiger partial charge in [-0.3, -0.25) is 4.79 Å². The van der Waals surface area contributed by atoms with E-state index < -0.39 is 0 Å². The molecule has 0 aromatic heterocycles. The van der Waals surface area contributed by atoms with Gasteiger partial charge in [0.15, 0.2) is 6.29 Å². The fraction of sp³-hybridized carbons (Fsp3) is 0.417. The molecule has 0 saturated heterocycles. The van der Waals surface area contributed by atoms with E-state index in [1.54, 1.807) is 0 Å². The molecular formula is C12H16O3. The van der Waals surface area contributed by atoms with Crippen molar-refractivity contribution in [2.24, 2.45) is 0 Å². The summed E-state index contributed by atoms with van der Waals surface area (Å²) in [6, 6.07) is 1.92. The van der Waals surface area contributed by atoms with Gasteiger partial charge in [-0.05, 0) is 31.9 Å². The highest BCUT2D eigenvalue weighted by Gasteiger charge is 2.11. The van der Waals surface area contributed by atoms with Crippen LogP contribution in [0.2, 0.25) is 0 Å². The van der Waals surface area contributed by atoms with Crippen LogP contribution in [0.25, 0.3) is 0 Å². The van der Waals surface area contributed by atoms with Crippen LogP contribution in [0, 0.1) is 20.8 Å². The van der Waals surface area contributed by atoms with E-state index in [2.05, 4.69) is 0 Å². The number of aliphatic hydroxyl groups excluding tert-OH is 1. The van der Waals surface area contributed by atoms with E-state index in [0.717, 1.165) is 23.0 Å². The minimum Gasteiger partial charge on any atom is -0.491 e. The third kappa shape index (κ3) is 2.36. The van der Waals surface area contributed by atoms with Gasteiger partial charge in [0.1, 0.15) is 12.4 Å². The first-order valence-corrected chi connectivity index (χ1v) is 4.91. The summed E-state index contributed by atoms with van der Waals surface area (Å²) in [5, 5.41) is 8.70. The van der Waals surface area contributed by atoms with Crippen LogP contribution in [0.4, 0.5) is 0 Å². The van der Waals surface area contributed by atoms with Crippen molar-refractivity contribution in [3.8, 4) is 5.75 Å². The van der Waals surface area contributed by atoms with Crippen molar-refractivity contribution in [2.45, 2.75) is 20.8 Å².